The Morgan fingerprint density at radius 2 is 2.44 bits per heavy atom. The molecule has 84 valence electrons. The smallest absolute Gasteiger partial charge is 0.418 e. The molecule has 0 aliphatic heterocycles. The summed E-state index contributed by atoms with van der Waals surface area (Å²) in [6, 6.07) is 1.50. The average Bonchev–Trinajstić information content (AvgIpc) is 2.57. The summed E-state index contributed by atoms with van der Waals surface area (Å²) >= 11 is 0. The van der Waals surface area contributed by atoms with Crippen molar-refractivity contribution in [3.8, 4) is 0 Å². The normalized spacial score (nSPS) is 12.8. The van der Waals surface area contributed by atoms with Gasteiger partial charge in [-0.25, -0.2) is 9.78 Å². The number of carbonyl (C=O) groups is 1. The topological polar surface area (TPSA) is 122 Å². The quantitative estimate of drug-likeness (QED) is 0.653. The van der Waals surface area contributed by atoms with Crippen LogP contribution in [0.4, 0.5) is 0 Å². The van der Waals surface area contributed by atoms with Crippen LogP contribution in [0, 0.1) is 0 Å². The number of oxazole rings is 1. The molecule has 2 rings (SSSR count). The molecule has 0 aliphatic rings. The number of nitrogens with one attached hydrogen (secondary N) is 1. The van der Waals surface area contributed by atoms with Crippen LogP contribution < -0.4 is 11.5 Å². The van der Waals surface area contributed by atoms with Crippen molar-refractivity contribution < 1.29 is 14.3 Å². The minimum absolute atomic E-state index is 0.0371. The van der Waals surface area contributed by atoms with Crippen molar-refractivity contribution in [3.63, 3.8) is 0 Å². The number of carboxylic acid groups (broad SMARTS) is 1. The molecule has 0 spiro atoms. The Balaban J connectivity index is 2.53. The Morgan fingerprint density at radius 1 is 1.69 bits per heavy atom. The van der Waals surface area contributed by atoms with Crippen molar-refractivity contribution >= 4 is 17.2 Å². The summed E-state index contributed by atoms with van der Waals surface area (Å²) in [6.45, 7) is -0.0371. The molecule has 2 aromatic rings. The van der Waals surface area contributed by atoms with Crippen molar-refractivity contribution in [1.29, 1.82) is 0 Å². The van der Waals surface area contributed by atoms with Gasteiger partial charge in [0.05, 0.1) is 5.92 Å². The minimum atomic E-state index is -1.03. The molecule has 0 aromatic carbocycles. The van der Waals surface area contributed by atoms with Crippen LogP contribution in [0.2, 0.25) is 0 Å². The van der Waals surface area contributed by atoms with Gasteiger partial charge in [0.15, 0.2) is 0 Å². The standard InChI is InChI=1S/C9H9N3O4/c10-2-5(8(13)14)4-1-6-7(11-3-4)16-9(15)12-6/h1,3,5H,2,10H2,(H,12,15)(H,13,14). The van der Waals surface area contributed by atoms with Crippen LogP contribution in [0.1, 0.15) is 11.5 Å². The largest absolute Gasteiger partial charge is 0.481 e. The van der Waals surface area contributed by atoms with Gasteiger partial charge in [0, 0.05) is 12.7 Å². The first-order valence-corrected chi connectivity index (χ1v) is 4.53. The second kappa shape index (κ2) is 3.78. The van der Waals surface area contributed by atoms with Gasteiger partial charge < -0.3 is 15.3 Å². The fraction of sp³-hybridized carbons (Fsp3) is 0.222. The lowest BCUT2D eigenvalue weighted by atomic mass is 10.0. The number of aromatic amines is 1. The van der Waals surface area contributed by atoms with Crippen LogP contribution in [0.15, 0.2) is 21.5 Å². The molecule has 4 N–H and O–H groups in total. The zero-order valence-electron chi connectivity index (χ0n) is 8.14. The first-order chi connectivity index (χ1) is 7.61. The summed E-state index contributed by atoms with van der Waals surface area (Å²) in [4.78, 5) is 28.0. The van der Waals surface area contributed by atoms with E-state index in [-0.39, 0.29) is 12.3 Å². The summed E-state index contributed by atoms with van der Waals surface area (Å²) in [5.41, 5.74) is 6.29. The van der Waals surface area contributed by atoms with Crippen molar-refractivity contribution in [2.24, 2.45) is 5.73 Å². The summed E-state index contributed by atoms with van der Waals surface area (Å²) < 4.78 is 4.70. The van der Waals surface area contributed by atoms with Gasteiger partial charge in [-0.3, -0.25) is 9.78 Å². The number of nitrogens with zero attached hydrogens (tertiary/aromatic N) is 1. The highest BCUT2D eigenvalue weighted by Crippen LogP contribution is 2.17. The molecule has 0 radical (unpaired) electrons. The molecular weight excluding hydrogens is 214 g/mol. The maximum atomic E-state index is 10.9. The van der Waals surface area contributed by atoms with Gasteiger partial charge in [-0.05, 0) is 11.6 Å². The third-order valence-corrected chi connectivity index (χ3v) is 2.23. The molecule has 0 saturated heterocycles. The lowest BCUT2D eigenvalue weighted by Crippen LogP contribution is -2.21. The van der Waals surface area contributed by atoms with E-state index in [4.69, 9.17) is 15.3 Å². The van der Waals surface area contributed by atoms with E-state index in [9.17, 15) is 9.59 Å². The van der Waals surface area contributed by atoms with Crippen molar-refractivity contribution in [2.45, 2.75) is 5.92 Å². The zero-order valence-corrected chi connectivity index (χ0v) is 8.14. The van der Waals surface area contributed by atoms with E-state index >= 15 is 0 Å². The fourth-order valence-corrected chi connectivity index (χ4v) is 1.43. The lowest BCUT2D eigenvalue weighted by molar-refractivity contribution is -0.138. The first-order valence-electron chi connectivity index (χ1n) is 4.53. The number of fused-ring (bicyclic) bond motifs is 1. The fourth-order valence-electron chi connectivity index (χ4n) is 1.43. The predicted molar refractivity (Wildman–Crippen MR) is 54.1 cm³/mol. The predicted octanol–water partition coefficient (Wildman–Crippen LogP) is -0.357. The van der Waals surface area contributed by atoms with Crippen LogP contribution >= 0.6 is 0 Å². The molecule has 7 heteroatoms. The summed E-state index contributed by atoms with van der Waals surface area (Å²) in [5, 5.41) is 8.90. The molecule has 0 saturated carbocycles. The number of aromatic nitrogens is 2. The van der Waals surface area contributed by atoms with Gasteiger partial charge in [-0.1, -0.05) is 0 Å². The van der Waals surface area contributed by atoms with E-state index in [0.717, 1.165) is 0 Å². The summed E-state index contributed by atoms with van der Waals surface area (Å²) in [7, 11) is 0. The molecule has 1 unspecified atom stereocenters. The SMILES string of the molecule is NCC(C(=O)O)c1cnc2oc(=O)[nH]c2c1. The number of carboxylic acids is 1. The number of hydrogen-bond donors (Lipinski definition) is 3. The highest BCUT2D eigenvalue weighted by Gasteiger charge is 2.19. The number of H-pyrrole nitrogens is 1. The van der Waals surface area contributed by atoms with Gasteiger partial charge in [0.1, 0.15) is 5.52 Å². The third kappa shape index (κ3) is 1.68. The Kier molecular flexibility index (Phi) is 2.45. The third-order valence-electron chi connectivity index (χ3n) is 2.23. The highest BCUT2D eigenvalue weighted by molar-refractivity contribution is 5.78. The van der Waals surface area contributed by atoms with E-state index in [1.54, 1.807) is 0 Å². The number of hydrogen-bond acceptors (Lipinski definition) is 5. The van der Waals surface area contributed by atoms with E-state index in [0.29, 0.717) is 11.1 Å². The van der Waals surface area contributed by atoms with Gasteiger partial charge in [0.2, 0.25) is 5.71 Å². The van der Waals surface area contributed by atoms with Gasteiger partial charge in [-0.15, -0.1) is 0 Å². The average molecular weight is 223 g/mol. The maximum absolute atomic E-state index is 10.9. The Bertz CT molecular complexity index is 586. The number of nitrogens with two attached hydrogens (primary N) is 1. The molecule has 0 bridgehead atoms. The minimum Gasteiger partial charge on any atom is -0.481 e. The van der Waals surface area contributed by atoms with E-state index < -0.39 is 17.6 Å². The van der Waals surface area contributed by atoms with Gasteiger partial charge >= 0.3 is 11.7 Å². The second-order valence-electron chi connectivity index (χ2n) is 3.26. The number of aliphatic carboxylic acids is 1. The van der Waals surface area contributed by atoms with Crippen molar-refractivity contribution in [3.05, 3.63) is 28.4 Å². The first kappa shape index (κ1) is 10.4. The number of rotatable bonds is 3. The molecule has 1 atom stereocenters. The van der Waals surface area contributed by atoms with E-state index in [1.165, 1.54) is 12.3 Å². The zero-order chi connectivity index (χ0) is 11.7. The lowest BCUT2D eigenvalue weighted by Gasteiger charge is -2.08. The monoisotopic (exact) mass is 223 g/mol. The molecule has 0 aliphatic carbocycles. The molecule has 0 amide bonds. The van der Waals surface area contributed by atoms with Gasteiger partial charge in [0.25, 0.3) is 0 Å². The van der Waals surface area contributed by atoms with Crippen molar-refractivity contribution in [2.75, 3.05) is 6.54 Å². The second-order valence-corrected chi connectivity index (χ2v) is 3.26. The summed E-state index contributed by atoms with van der Waals surface area (Å²) in [6.07, 6.45) is 1.34. The molecule has 0 fully saturated rings. The highest BCUT2D eigenvalue weighted by atomic mass is 16.4. The van der Waals surface area contributed by atoms with Crippen molar-refractivity contribution in [1.82, 2.24) is 9.97 Å². The maximum Gasteiger partial charge on any atom is 0.418 e. The van der Waals surface area contributed by atoms with E-state index in [2.05, 4.69) is 9.97 Å². The van der Waals surface area contributed by atoms with Crippen LogP contribution in [-0.4, -0.2) is 27.6 Å². The van der Waals surface area contributed by atoms with E-state index in [1.807, 2.05) is 0 Å². The van der Waals surface area contributed by atoms with Gasteiger partial charge in [-0.2, -0.15) is 0 Å². The summed E-state index contributed by atoms with van der Waals surface area (Å²) in [5.74, 6) is -2.50. The Labute approximate surface area is 88.9 Å². The molecule has 16 heavy (non-hydrogen) atoms. The molecule has 7 nitrogen and oxygen atoms in total. The molecule has 2 aromatic heterocycles. The van der Waals surface area contributed by atoms with Crippen LogP contribution in [-0.2, 0) is 4.79 Å². The molecule has 2 heterocycles. The molecular formula is C9H9N3O4. The Morgan fingerprint density at radius 3 is 3.06 bits per heavy atom. The van der Waals surface area contributed by atoms with Crippen LogP contribution in [0.25, 0.3) is 11.2 Å². The Hall–Kier alpha value is -2.15. The van der Waals surface area contributed by atoms with Crippen LogP contribution in [0.5, 0.6) is 0 Å². The number of pyridine rings is 1. The van der Waals surface area contributed by atoms with Crippen LogP contribution in [0.3, 0.4) is 0 Å².